The van der Waals surface area contributed by atoms with E-state index in [-0.39, 0.29) is 23.4 Å². The summed E-state index contributed by atoms with van der Waals surface area (Å²) in [4.78, 5) is 26.1. The van der Waals surface area contributed by atoms with Crippen molar-refractivity contribution in [3.8, 4) is 0 Å². The number of benzene rings is 2. The normalized spacial score (nSPS) is 14.8. The Bertz CT molecular complexity index is 803. The van der Waals surface area contributed by atoms with E-state index < -0.39 is 11.6 Å². The van der Waals surface area contributed by atoms with Gasteiger partial charge >= 0.3 is 0 Å². The molecule has 0 aliphatic carbocycles. The van der Waals surface area contributed by atoms with Crippen LogP contribution in [0.5, 0.6) is 0 Å². The summed E-state index contributed by atoms with van der Waals surface area (Å²) >= 11 is 0. The number of hydrogen-bond donors (Lipinski definition) is 1. The summed E-state index contributed by atoms with van der Waals surface area (Å²) in [5.41, 5.74) is 1.26. The van der Waals surface area contributed by atoms with Crippen LogP contribution < -0.4 is 5.32 Å². The lowest BCUT2D eigenvalue weighted by Gasteiger charge is -2.32. The SMILES string of the molecule is O=C(CCc1ccccc1)NC1CCN(C(=O)c2ccc(F)c(F)c2)CC1. The quantitative estimate of drug-likeness (QED) is 0.875. The minimum atomic E-state index is -1.03. The zero-order chi connectivity index (χ0) is 19.2. The number of carbonyl (C=O) groups excluding carboxylic acids is 2. The molecular weight excluding hydrogens is 350 g/mol. The van der Waals surface area contributed by atoms with Gasteiger partial charge in [0.25, 0.3) is 5.91 Å². The molecule has 0 atom stereocenters. The molecule has 27 heavy (non-hydrogen) atoms. The summed E-state index contributed by atoms with van der Waals surface area (Å²) < 4.78 is 26.3. The number of halogens is 2. The third-order valence-electron chi connectivity index (χ3n) is 4.80. The van der Waals surface area contributed by atoms with E-state index in [4.69, 9.17) is 0 Å². The molecule has 0 aromatic heterocycles. The predicted molar refractivity (Wildman–Crippen MR) is 98.2 cm³/mol. The molecule has 4 nitrogen and oxygen atoms in total. The summed E-state index contributed by atoms with van der Waals surface area (Å²) in [6, 6.07) is 13.0. The van der Waals surface area contributed by atoms with E-state index in [1.54, 1.807) is 4.90 Å². The molecule has 0 radical (unpaired) electrons. The van der Waals surface area contributed by atoms with Gasteiger partial charge in [-0.3, -0.25) is 9.59 Å². The van der Waals surface area contributed by atoms with E-state index in [1.807, 2.05) is 30.3 Å². The van der Waals surface area contributed by atoms with Gasteiger partial charge in [-0.2, -0.15) is 0 Å². The summed E-state index contributed by atoms with van der Waals surface area (Å²) in [6.07, 6.45) is 2.41. The van der Waals surface area contributed by atoms with Crippen molar-refractivity contribution < 1.29 is 18.4 Å². The van der Waals surface area contributed by atoms with Gasteiger partial charge in [0.05, 0.1) is 0 Å². The van der Waals surface area contributed by atoms with Crippen LogP contribution in [0.15, 0.2) is 48.5 Å². The van der Waals surface area contributed by atoms with E-state index in [0.29, 0.717) is 38.8 Å². The van der Waals surface area contributed by atoms with Gasteiger partial charge in [-0.1, -0.05) is 30.3 Å². The van der Waals surface area contributed by atoms with Crippen LogP contribution in [-0.2, 0) is 11.2 Å². The van der Waals surface area contributed by atoms with Crippen molar-refractivity contribution in [1.82, 2.24) is 10.2 Å². The Morgan fingerprint density at radius 2 is 1.70 bits per heavy atom. The first-order valence-corrected chi connectivity index (χ1v) is 9.10. The molecule has 2 aromatic rings. The second-order valence-electron chi connectivity index (χ2n) is 6.75. The summed E-state index contributed by atoms with van der Waals surface area (Å²) in [5.74, 6) is -2.31. The molecular formula is C21H22F2N2O2. The highest BCUT2D eigenvalue weighted by Gasteiger charge is 2.25. The first-order chi connectivity index (χ1) is 13.0. The molecule has 1 aliphatic rings. The van der Waals surface area contributed by atoms with Gasteiger partial charge in [-0.25, -0.2) is 8.78 Å². The summed E-state index contributed by atoms with van der Waals surface area (Å²) in [5, 5.41) is 3.02. The summed E-state index contributed by atoms with van der Waals surface area (Å²) in [7, 11) is 0. The number of nitrogens with zero attached hydrogens (tertiary/aromatic N) is 1. The molecule has 0 unspecified atom stereocenters. The second-order valence-corrected chi connectivity index (χ2v) is 6.75. The number of likely N-dealkylation sites (tertiary alicyclic amines) is 1. The van der Waals surface area contributed by atoms with E-state index in [1.165, 1.54) is 6.07 Å². The zero-order valence-corrected chi connectivity index (χ0v) is 15.0. The van der Waals surface area contributed by atoms with E-state index >= 15 is 0 Å². The number of piperidine rings is 1. The van der Waals surface area contributed by atoms with E-state index in [2.05, 4.69) is 5.32 Å². The Kier molecular flexibility index (Phi) is 6.16. The lowest BCUT2D eigenvalue weighted by Crippen LogP contribution is -2.46. The van der Waals surface area contributed by atoms with Crippen LogP contribution in [0.4, 0.5) is 8.78 Å². The average molecular weight is 372 g/mol. The topological polar surface area (TPSA) is 49.4 Å². The van der Waals surface area contributed by atoms with Crippen LogP contribution in [0.2, 0.25) is 0 Å². The van der Waals surface area contributed by atoms with Gasteiger partial charge in [0, 0.05) is 31.1 Å². The number of aryl methyl sites for hydroxylation is 1. The number of amides is 2. The van der Waals surface area contributed by atoms with Crippen LogP contribution >= 0.6 is 0 Å². The first-order valence-electron chi connectivity index (χ1n) is 9.10. The van der Waals surface area contributed by atoms with Crippen LogP contribution in [0.1, 0.15) is 35.2 Å². The fourth-order valence-corrected chi connectivity index (χ4v) is 3.24. The molecule has 142 valence electrons. The fraction of sp³-hybridized carbons (Fsp3) is 0.333. The highest BCUT2D eigenvalue weighted by molar-refractivity contribution is 5.94. The van der Waals surface area contributed by atoms with Crippen molar-refractivity contribution in [2.75, 3.05) is 13.1 Å². The Balaban J connectivity index is 1.45. The Morgan fingerprint density at radius 1 is 1.00 bits per heavy atom. The van der Waals surface area contributed by atoms with Crippen molar-refractivity contribution in [3.05, 3.63) is 71.3 Å². The van der Waals surface area contributed by atoms with Crippen molar-refractivity contribution in [2.24, 2.45) is 0 Å². The van der Waals surface area contributed by atoms with Gasteiger partial charge in [0.2, 0.25) is 5.91 Å². The second kappa shape index (κ2) is 8.75. The standard InChI is InChI=1S/C21H22F2N2O2/c22-18-8-7-16(14-19(18)23)21(27)25-12-10-17(11-13-25)24-20(26)9-6-15-4-2-1-3-5-15/h1-5,7-8,14,17H,6,9-13H2,(H,24,26). The Morgan fingerprint density at radius 3 is 2.37 bits per heavy atom. The van der Waals surface area contributed by atoms with E-state index in [9.17, 15) is 18.4 Å². The van der Waals surface area contributed by atoms with Crippen LogP contribution in [0, 0.1) is 11.6 Å². The number of rotatable bonds is 5. The van der Waals surface area contributed by atoms with Crippen molar-refractivity contribution in [3.63, 3.8) is 0 Å². The molecule has 1 aliphatic heterocycles. The van der Waals surface area contributed by atoms with Gasteiger partial charge < -0.3 is 10.2 Å². The number of nitrogens with one attached hydrogen (secondary N) is 1. The van der Waals surface area contributed by atoms with Crippen LogP contribution in [0.25, 0.3) is 0 Å². The maximum Gasteiger partial charge on any atom is 0.253 e. The molecule has 6 heteroatoms. The molecule has 0 saturated carbocycles. The number of hydrogen-bond acceptors (Lipinski definition) is 2. The monoisotopic (exact) mass is 372 g/mol. The largest absolute Gasteiger partial charge is 0.353 e. The molecule has 2 aromatic carbocycles. The molecule has 0 spiro atoms. The third-order valence-corrected chi connectivity index (χ3v) is 4.80. The van der Waals surface area contributed by atoms with Gasteiger partial charge in [0.15, 0.2) is 11.6 Å². The molecule has 0 bridgehead atoms. The molecule has 1 heterocycles. The van der Waals surface area contributed by atoms with Crippen LogP contribution in [-0.4, -0.2) is 35.8 Å². The molecule has 3 rings (SSSR count). The first kappa shape index (κ1) is 19.0. The van der Waals surface area contributed by atoms with E-state index in [0.717, 1.165) is 17.7 Å². The number of carbonyl (C=O) groups is 2. The Hall–Kier alpha value is -2.76. The smallest absolute Gasteiger partial charge is 0.253 e. The lowest BCUT2D eigenvalue weighted by atomic mass is 10.0. The average Bonchev–Trinajstić information content (AvgIpc) is 2.69. The maximum absolute atomic E-state index is 13.3. The minimum absolute atomic E-state index is 0.00392. The van der Waals surface area contributed by atoms with Crippen molar-refractivity contribution in [2.45, 2.75) is 31.7 Å². The lowest BCUT2D eigenvalue weighted by molar-refractivity contribution is -0.122. The van der Waals surface area contributed by atoms with Gasteiger partial charge in [-0.15, -0.1) is 0 Å². The zero-order valence-electron chi connectivity index (χ0n) is 15.0. The molecule has 1 saturated heterocycles. The van der Waals surface area contributed by atoms with Gasteiger partial charge in [-0.05, 0) is 43.0 Å². The summed E-state index contributed by atoms with van der Waals surface area (Å²) in [6.45, 7) is 0.947. The molecule has 2 amide bonds. The molecule has 1 fully saturated rings. The third kappa shape index (κ3) is 5.12. The highest BCUT2D eigenvalue weighted by atomic mass is 19.2. The van der Waals surface area contributed by atoms with Gasteiger partial charge in [0.1, 0.15) is 0 Å². The highest BCUT2D eigenvalue weighted by Crippen LogP contribution is 2.16. The predicted octanol–water partition coefficient (Wildman–Crippen LogP) is 3.32. The van der Waals surface area contributed by atoms with Crippen molar-refractivity contribution >= 4 is 11.8 Å². The molecule has 1 N–H and O–H groups in total. The maximum atomic E-state index is 13.3. The van der Waals surface area contributed by atoms with Crippen LogP contribution in [0.3, 0.4) is 0 Å². The minimum Gasteiger partial charge on any atom is -0.353 e. The Labute approximate surface area is 157 Å². The van der Waals surface area contributed by atoms with Crippen molar-refractivity contribution in [1.29, 1.82) is 0 Å². The fourth-order valence-electron chi connectivity index (χ4n) is 3.24.